The van der Waals surface area contributed by atoms with Crippen molar-refractivity contribution >= 4 is 18.6 Å². The van der Waals surface area contributed by atoms with E-state index in [9.17, 15) is 0 Å². The van der Waals surface area contributed by atoms with Crippen molar-refractivity contribution in [2.75, 3.05) is 0 Å². The van der Waals surface area contributed by atoms with Crippen molar-refractivity contribution in [1.29, 1.82) is 0 Å². The van der Waals surface area contributed by atoms with Crippen molar-refractivity contribution in [3.05, 3.63) is 62.7 Å². The molecule has 0 saturated heterocycles. The molecular weight excluding hydrogens is 467 g/mol. The van der Waals surface area contributed by atoms with E-state index in [0.717, 1.165) is 35.5 Å². The van der Waals surface area contributed by atoms with Crippen LogP contribution in [-0.2, 0) is 17.0 Å². The maximum absolute atomic E-state index is 4.89. The van der Waals surface area contributed by atoms with Gasteiger partial charge in [-0.25, -0.2) is 0 Å². The van der Waals surface area contributed by atoms with Gasteiger partial charge in [0.15, 0.2) is 0 Å². The van der Waals surface area contributed by atoms with Crippen LogP contribution in [0.3, 0.4) is 0 Å². The molecule has 6 aliphatic carbocycles. The molecule has 6 saturated carbocycles. The van der Waals surface area contributed by atoms with E-state index in [-0.39, 0.29) is 0 Å². The van der Waals surface area contributed by atoms with E-state index in [0.29, 0.717) is 10.8 Å². The van der Waals surface area contributed by atoms with Crippen molar-refractivity contribution < 1.29 is 17.0 Å². The van der Waals surface area contributed by atoms with E-state index in [1.165, 1.54) is 25.7 Å². The Hall–Kier alpha value is 1.29. The molecule has 0 N–H and O–H groups in total. The summed E-state index contributed by atoms with van der Waals surface area (Å²) in [6.45, 7) is 16.9. The molecule has 0 aromatic carbocycles. The molecule has 0 aromatic heterocycles. The molecule has 0 aromatic rings. The van der Waals surface area contributed by atoms with Crippen molar-refractivity contribution in [2.45, 2.75) is 74.1 Å². The molecule has 0 amide bonds. The molecule has 3 heteroatoms. The molecule has 32 heavy (non-hydrogen) atoms. The van der Waals surface area contributed by atoms with Crippen LogP contribution in [0, 0.1) is 109 Å². The standard InChI is InChI=1S/C15H23.C14H19.2ClH.Ti/c1-11(2)14-9-8-12(3)10-15(14)13-6-4-5-7-13;1-13(2)10-7-5-6-9(10)11-8-12(13)14(11,3)4;;;/h4-7,11-12,14-15H,8-10H2,1-3H3;5-7,11-12H,8H2,1-4H3;2*1H;/q;;;;+2/p-2/t12-,14+,15-;;;;/m1..../s1. The molecule has 0 nitrogen and oxygen atoms in total. The van der Waals surface area contributed by atoms with Gasteiger partial charge in [0.1, 0.15) is 0 Å². The summed E-state index contributed by atoms with van der Waals surface area (Å²) in [6.07, 6.45) is 21.6. The van der Waals surface area contributed by atoms with Gasteiger partial charge in [0.05, 0.1) is 0 Å². The van der Waals surface area contributed by atoms with Crippen LogP contribution < -0.4 is 0 Å². The summed E-state index contributed by atoms with van der Waals surface area (Å²) in [5, 5.41) is 0. The Kier molecular flexibility index (Phi) is 10.1. The van der Waals surface area contributed by atoms with Gasteiger partial charge < -0.3 is 0 Å². The zero-order chi connectivity index (χ0) is 23.7. The van der Waals surface area contributed by atoms with Gasteiger partial charge in [0, 0.05) is 0 Å². The Bertz CT molecular complexity index is 576. The summed E-state index contributed by atoms with van der Waals surface area (Å²) in [4.78, 5) is 0. The summed E-state index contributed by atoms with van der Waals surface area (Å²) >= 11 is -0.556. The second-order valence-corrected chi connectivity index (χ2v) is 14.6. The first-order valence-corrected chi connectivity index (χ1v) is 16.8. The first-order chi connectivity index (χ1) is 15.1. The fraction of sp³-hybridized carbons (Fsp3) is 0.655. The summed E-state index contributed by atoms with van der Waals surface area (Å²) in [7, 11) is 9.78. The van der Waals surface area contributed by atoms with Gasteiger partial charge in [-0.2, -0.15) is 0 Å². The van der Waals surface area contributed by atoms with Crippen molar-refractivity contribution in [3.63, 3.8) is 0 Å². The molecule has 0 spiro atoms. The fourth-order valence-electron chi connectivity index (χ4n) is 7.41. The van der Waals surface area contributed by atoms with Crippen LogP contribution in [-0.4, -0.2) is 0 Å². The Morgan fingerprint density at radius 2 is 1.53 bits per heavy atom. The van der Waals surface area contributed by atoms with Crippen LogP contribution >= 0.6 is 18.6 Å². The average Bonchev–Trinajstić information content (AvgIpc) is 3.40. The number of halogens is 2. The van der Waals surface area contributed by atoms with Gasteiger partial charge in [0.25, 0.3) is 0 Å². The topological polar surface area (TPSA) is 0 Å². The van der Waals surface area contributed by atoms with Gasteiger partial charge in [-0.15, -0.1) is 0 Å². The molecule has 0 aliphatic heterocycles. The summed E-state index contributed by atoms with van der Waals surface area (Å²) in [5.41, 5.74) is 0.932. The Labute approximate surface area is 217 Å². The van der Waals surface area contributed by atoms with Crippen molar-refractivity contribution in [1.82, 2.24) is 0 Å². The van der Waals surface area contributed by atoms with Crippen LogP contribution in [0.5, 0.6) is 0 Å². The van der Waals surface area contributed by atoms with Crippen LogP contribution in [0.2, 0.25) is 0 Å². The molecular formula is C29H42Cl2Ti. The molecule has 10 radical (unpaired) electrons. The normalized spacial score (nSPS) is 38.1. The van der Waals surface area contributed by atoms with E-state index >= 15 is 0 Å². The van der Waals surface area contributed by atoms with Crippen molar-refractivity contribution in [2.24, 2.45) is 46.3 Å². The monoisotopic (exact) mass is 508 g/mol. The molecule has 6 rings (SSSR count). The minimum absolute atomic E-state index is 0.400. The van der Waals surface area contributed by atoms with Crippen LogP contribution in [0.4, 0.5) is 0 Å². The van der Waals surface area contributed by atoms with Gasteiger partial charge in [-0.3, -0.25) is 0 Å². The molecule has 176 valence electrons. The van der Waals surface area contributed by atoms with Crippen LogP contribution in [0.15, 0.2) is 0 Å². The molecule has 6 fully saturated rings. The van der Waals surface area contributed by atoms with Gasteiger partial charge in [0.2, 0.25) is 0 Å². The SMILES string of the molecule is CC(C)[C@@H]1CC[C@@H](C)C[C@@H]1[C]1[CH][CH][CH][CH]1.CC1(C)[C]2[CH][CH][CH][C]2C2CC1C2(C)C.[Cl][Ti][Cl]. The molecule has 2 unspecified atom stereocenters. The van der Waals surface area contributed by atoms with E-state index in [1.54, 1.807) is 17.8 Å². The summed E-state index contributed by atoms with van der Waals surface area (Å²) in [5.74, 6) is 10.0. The molecule has 6 aliphatic rings. The summed E-state index contributed by atoms with van der Waals surface area (Å²) < 4.78 is 0. The van der Waals surface area contributed by atoms with Crippen LogP contribution in [0.1, 0.15) is 74.1 Å². The second-order valence-electron chi connectivity index (χ2n) is 12.0. The predicted octanol–water partition coefficient (Wildman–Crippen LogP) is 8.94. The third-order valence-corrected chi connectivity index (χ3v) is 9.20. The van der Waals surface area contributed by atoms with Crippen molar-refractivity contribution in [3.8, 4) is 0 Å². The molecule has 0 heterocycles. The van der Waals surface area contributed by atoms with Gasteiger partial charge in [-0.1, -0.05) is 54.9 Å². The zero-order valence-electron chi connectivity index (χ0n) is 21.1. The predicted molar refractivity (Wildman–Crippen MR) is 136 cm³/mol. The third kappa shape index (κ3) is 5.65. The quantitative estimate of drug-likeness (QED) is 0.326. The first kappa shape index (κ1) is 27.9. The Balaban J connectivity index is 0.000000161. The Morgan fingerprint density at radius 1 is 0.906 bits per heavy atom. The van der Waals surface area contributed by atoms with Gasteiger partial charge in [-0.05, 0) is 128 Å². The number of rotatable bonds is 2. The van der Waals surface area contributed by atoms with E-state index in [2.05, 4.69) is 93.4 Å². The maximum atomic E-state index is 4.89. The van der Waals surface area contributed by atoms with E-state index < -0.39 is 17.0 Å². The van der Waals surface area contributed by atoms with E-state index in [4.69, 9.17) is 18.6 Å². The molecule has 5 atom stereocenters. The summed E-state index contributed by atoms with van der Waals surface area (Å²) in [6, 6.07) is 0. The van der Waals surface area contributed by atoms with Gasteiger partial charge >= 0.3 is 35.6 Å². The minimum atomic E-state index is -0.556. The Morgan fingerprint density at radius 3 is 2.09 bits per heavy atom. The van der Waals surface area contributed by atoms with Crippen LogP contribution in [0.25, 0.3) is 0 Å². The average molecular weight is 509 g/mol. The first-order valence-electron chi connectivity index (χ1n) is 12.5. The number of hydrogen-bond donors (Lipinski definition) is 0. The number of hydrogen-bond acceptors (Lipinski definition) is 0. The molecule has 2 bridgehead atoms. The second kappa shape index (κ2) is 11.6. The van der Waals surface area contributed by atoms with E-state index in [1.807, 2.05) is 0 Å². The fourth-order valence-corrected chi connectivity index (χ4v) is 7.41. The zero-order valence-corrected chi connectivity index (χ0v) is 24.2. The third-order valence-electron chi connectivity index (χ3n) is 9.20.